The van der Waals surface area contributed by atoms with Gasteiger partial charge in [0.15, 0.2) is 5.78 Å². The van der Waals surface area contributed by atoms with E-state index in [0.29, 0.717) is 12.0 Å². The van der Waals surface area contributed by atoms with Crippen LogP contribution in [0.1, 0.15) is 27.1 Å². The molecule has 180 valence electrons. The summed E-state index contributed by atoms with van der Waals surface area (Å²) in [6, 6.07) is 13.2. The van der Waals surface area contributed by atoms with E-state index in [0.717, 1.165) is 16.1 Å². The fourth-order valence-electron chi connectivity index (χ4n) is 5.56. The van der Waals surface area contributed by atoms with E-state index in [-0.39, 0.29) is 32.7 Å². The average Bonchev–Trinajstić information content (AvgIpc) is 3.47. The van der Waals surface area contributed by atoms with Gasteiger partial charge in [-0.05, 0) is 24.3 Å². The molecule has 5 rings (SSSR count). The molecule has 1 heterocycles. The minimum absolute atomic E-state index is 0.0114. The number of carbonyl (C=O) groups is 4. The van der Waals surface area contributed by atoms with Crippen molar-refractivity contribution in [3.8, 4) is 0 Å². The summed E-state index contributed by atoms with van der Waals surface area (Å²) in [5.74, 6) is -3.66. The predicted molar refractivity (Wildman–Crippen MR) is 131 cm³/mol. The van der Waals surface area contributed by atoms with E-state index < -0.39 is 46.8 Å². The molecule has 11 heteroatoms. The Hall–Kier alpha value is -2.92. The summed E-state index contributed by atoms with van der Waals surface area (Å²) in [5.41, 5.74) is -0.106. The maximum absolute atomic E-state index is 13.6. The number of alkyl halides is 2. The molecule has 2 saturated carbocycles. The van der Waals surface area contributed by atoms with Crippen LogP contribution in [0.2, 0.25) is 0 Å². The highest BCUT2D eigenvalue weighted by molar-refractivity contribution is 9.12. The van der Waals surface area contributed by atoms with Crippen molar-refractivity contribution in [1.82, 2.24) is 10.0 Å². The van der Waals surface area contributed by atoms with Crippen molar-refractivity contribution in [2.45, 2.75) is 16.1 Å². The molecule has 2 aromatic carbocycles. The number of non-ortho nitro benzene ring substituents is 1. The van der Waals surface area contributed by atoms with E-state index in [9.17, 15) is 29.3 Å². The lowest BCUT2D eigenvalue weighted by Gasteiger charge is -2.30. The Labute approximate surface area is 216 Å². The molecule has 0 spiro atoms. The minimum atomic E-state index is -0.835. The number of imide groups is 1. The summed E-state index contributed by atoms with van der Waals surface area (Å²) in [6.45, 7) is -0.562. The first-order valence-corrected chi connectivity index (χ1v) is 12.8. The number of Topliss-reactive ketones (excluding diaryl/α,β-unsaturated/α-hetero) is 1. The number of nitro groups is 1. The second-order valence-electron chi connectivity index (χ2n) is 8.95. The standard InChI is InChI=1S/C24H19Br2N3O6/c25-20-15-10-16(21(20)26)19-18(15)23(32)28(24(19)33)27(11-17(30)12-5-2-1-3-6-12)22(31)13-7-4-8-14(9-13)29(34)35/h1-9,15-16,18-21H,10-11H2/t15-,16-,18-,19-,20+,21+/m1/s1. The van der Waals surface area contributed by atoms with Gasteiger partial charge in [0.2, 0.25) is 0 Å². The Morgan fingerprint density at radius 3 is 2.09 bits per heavy atom. The van der Waals surface area contributed by atoms with Crippen molar-refractivity contribution in [2.75, 3.05) is 6.54 Å². The summed E-state index contributed by atoms with van der Waals surface area (Å²) >= 11 is 7.26. The lowest BCUT2D eigenvalue weighted by molar-refractivity contribution is -0.384. The highest BCUT2D eigenvalue weighted by Gasteiger charge is 2.67. The van der Waals surface area contributed by atoms with Gasteiger partial charge < -0.3 is 0 Å². The van der Waals surface area contributed by atoms with Gasteiger partial charge in [-0.2, -0.15) is 5.01 Å². The van der Waals surface area contributed by atoms with Crippen LogP contribution in [0.5, 0.6) is 0 Å². The van der Waals surface area contributed by atoms with Crippen molar-refractivity contribution in [1.29, 1.82) is 0 Å². The maximum Gasteiger partial charge on any atom is 0.273 e. The number of hydrogen-bond acceptors (Lipinski definition) is 6. The van der Waals surface area contributed by atoms with Crippen LogP contribution in [0.3, 0.4) is 0 Å². The summed E-state index contributed by atoms with van der Waals surface area (Å²) in [6.07, 6.45) is 0.717. The first kappa shape index (κ1) is 23.8. The average molecular weight is 605 g/mol. The molecular weight excluding hydrogens is 586 g/mol. The van der Waals surface area contributed by atoms with E-state index >= 15 is 0 Å². The van der Waals surface area contributed by atoms with Gasteiger partial charge in [0.05, 0.1) is 16.8 Å². The van der Waals surface area contributed by atoms with Gasteiger partial charge >= 0.3 is 0 Å². The van der Waals surface area contributed by atoms with Crippen LogP contribution >= 0.6 is 31.9 Å². The zero-order valence-electron chi connectivity index (χ0n) is 18.1. The minimum Gasteiger partial charge on any atom is -0.292 e. The predicted octanol–water partition coefficient (Wildman–Crippen LogP) is 3.61. The smallest absolute Gasteiger partial charge is 0.273 e. The van der Waals surface area contributed by atoms with Crippen molar-refractivity contribution in [3.63, 3.8) is 0 Å². The topological polar surface area (TPSA) is 118 Å². The van der Waals surface area contributed by atoms with Crippen molar-refractivity contribution >= 4 is 61.1 Å². The van der Waals surface area contributed by atoms with Crippen molar-refractivity contribution < 1.29 is 24.1 Å². The number of benzene rings is 2. The van der Waals surface area contributed by atoms with Gasteiger partial charge in [0.1, 0.15) is 6.54 Å². The maximum atomic E-state index is 13.6. The Morgan fingerprint density at radius 1 is 0.943 bits per heavy atom. The van der Waals surface area contributed by atoms with Crippen LogP contribution < -0.4 is 0 Å². The van der Waals surface area contributed by atoms with Gasteiger partial charge in [-0.3, -0.25) is 29.3 Å². The van der Waals surface area contributed by atoms with Gasteiger partial charge in [-0.1, -0.05) is 68.3 Å². The third-order valence-corrected chi connectivity index (χ3v) is 10.3. The van der Waals surface area contributed by atoms with Crippen LogP contribution in [-0.4, -0.2) is 54.6 Å². The third kappa shape index (κ3) is 3.81. The van der Waals surface area contributed by atoms with Gasteiger partial charge in [0.25, 0.3) is 23.4 Å². The second kappa shape index (κ2) is 8.94. The monoisotopic (exact) mass is 603 g/mol. The molecule has 2 aromatic rings. The molecule has 35 heavy (non-hydrogen) atoms. The fourth-order valence-corrected chi connectivity index (χ4v) is 7.43. The summed E-state index contributed by atoms with van der Waals surface area (Å²) in [7, 11) is 0. The lowest BCUT2D eigenvalue weighted by atomic mass is 9.81. The Balaban J connectivity index is 1.53. The first-order valence-electron chi connectivity index (χ1n) is 11.0. The number of ketones is 1. The quantitative estimate of drug-likeness (QED) is 0.163. The second-order valence-corrected chi connectivity index (χ2v) is 11.1. The van der Waals surface area contributed by atoms with Gasteiger partial charge in [0, 0.05) is 32.9 Å². The molecule has 0 aromatic heterocycles. The van der Waals surface area contributed by atoms with Crippen molar-refractivity contribution in [2.24, 2.45) is 23.7 Å². The van der Waals surface area contributed by atoms with Crippen molar-refractivity contribution in [3.05, 3.63) is 75.8 Å². The van der Waals surface area contributed by atoms with E-state index in [1.165, 1.54) is 18.2 Å². The first-order chi connectivity index (χ1) is 16.7. The zero-order chi connectivity index (χ0) is 25.0. The number of amides is 3. The molecule has 6 atom stereocenters. The van der Waals surface area contributed by atoms with E-state index in [2.05, 4.69) is 31.9 Å². The number of carbonyl (C=O) groups excluding carboxylic acids is 4. The van der Waals surface area contributed by atoms with Gasteiger partial charge in [-0.25, -0.2) is 5.01 Å². The number of nitrogens with zero attached hydrogens (tertiary/aromatic N) is 3. The summed E-state index contributed by atoms with van der Waals surface area (Å²) < 4.78 is 0. The molecule has 9 nitrogen and oxygen atoms in total. The van der Waals surface area contributed by atoms with E-state index in [1.54, 1.807) is 30.3 Å². The Kier molecular flexibility index (Phi) is 6.08. The number of nitro benzene ring substituents is 1. The van der Waals surface area contributed by atoms with Crippen LogP contribution in [0.25, 0.3) is 0 Å². The lowest BCUT2D eigenvalue weighted by Crippen LogP contribution is -2.52. The fraction of sp³-hybridized carbons (Fsp3) is 0.333. The Bertz CT molecular complexity index is 1220. The molecule has 1 saturated heterocycles. The molecule has 3 aliphatic rings. The molecule has 1 aliphatic heterocycles. The number of fused-ring (bicyclic) bond motifs is 5. The molecule has 0 unspecified atom stereocenters. The van der Waals surface area contributed by atoms with Crippen LogP contribution in [0, 0.1) is 33.8 Å². The normalized spacial score (nSPS) is 28.8. The molecule has 3 fully saturated rings. The molecule has 0 N–H and O–H groups in total. The largest absolute Gasteiger partial charge is 0.292 e. The summed E-state index contributed by atoms with van der Waals surface area (Å²) in [5, 5.41) is 12.9. The third-order valence-electron chi connectivity index (χ3n) is 7.13. The molecule has 3 amide bonds. The Morgan fingerprint density at radius 2 is 1.51 bits per heavy atom. The SMILES string of the molecule is O=C(CN(C(=O)c1cccc([N+](=O)[O-])c1)N1C(=O)[C@@H]2[C@H]3C[C@@H]([C@H](Br)[C@H]3Br)[C@H]2C1=O)c1ccccc1. The van der Waals surface area contributed by atoms with Gasteiger partial charge in [-0.15, -0.1) is 0 Å². The molecule has 2 aliphatic carbocycles. The highest BCUT2D eigenvalue weighted by Crippen LogP contribution is 2.60. The van der Waals surface area contributed by atoms with Crippen LogP contribution in [0.15, 0.2) is 54.6 Å². The zero-order valence-corrected chi connectivity index (χ0v) is 21.3. The molecular formula is C24H19Br2N3O6. The van der Waals surface area contributed by atoms with E-state index in [1.807, 2.05) is 0 Å². The number of hydrazine groups is 1. The van der Waals surface area contributed by atoms with Crippen LogP contribution in [-0.2, 0) is 9.59 Å². The number of rotatable bonds is 6. The van der Waals surface area contributed by atoms with Crippen LogP contribution in [0.4, 0.5) is 5.69 Å². The highest BCUT2D eigenvalue weighted by atomic mass is 79.9. The molecule has 2 bridgehead atoms. The number of hydrogen-bond donors (Lipinski definition) is 0. The molecule has 0 radical (unpaired) electrons. The summed E-state index contributed by atoms with van der Waals surface area (Å²) in [4.78, 5) is 64.4. The number of halogens is 2. The van der Waals surface area contributed by atoms with E-state index in [4.69, 9.17) is 0 Å².